The maximum atomic E-state index is 3.78. The maximum absolute atomic E-state index is 3.78. The molecule has 7 rings (SSSR count). The van der Waals surface area contributed by atoms with Crippen LogP contribution in [0.3, 0.4) is 0 Å². The van der Waals surface area contributed by atoms with E-state index in [2.05, 4.69) is 89.2 Å². The second kappa shape index (κ2) is 49.4. The Labute approximate surface area is 315 Å². The molecule has 0 atom stereocenters. The summed E-state index contributed by atoms with van der Waals surface area (Å²) in [5, 5.41) is 3.47. The molecule has 4 aromatic carbocycles. The summed E-state index contributed by atoms with van der Waals surface area (Å²) in [6, 6.07) is 45.6. The molecule has 0 amide bonds. The molecule has 0 radical (unpaired) electrons. The monoisotopic (exact) mass is 698 g/mol. The van der Waals surface area contributed by atoms with Crippen molar-refractivity contribution in [3.05, 3.63) is 162 Å². The van der Waals surface area contributed by atoms with Crippen LogP contribution in [0, 0.1) is 0 Å². The fourth-order valence-corrected chi connectivity index (χ4v) is 4.47. The van der Waals surface area contributed by atoms with Gasteiger partial charge in [-0.2, -0.15) is 0 Å². The van der Waals surface area contributed by atoms with E-state index in [1.165, 1.54) is 32.3 Å². The van der Waals surface area contributed by atoms with Gasteiger partial charge in [0.1, 0.15) is 0 Å². The van der Waals surface area contributed by atoms with Gasteiger partial charge in [-0.05, 0) is 63.7 Å². The molecule has 2 heterocycles. The van der Waals surface area contributed by atoms with E-state index in [9.17, 15) is 0 Å². The summed E-state index contributed by atoms with van der Waals surface area (Å²) < 4.78 is 1.37. The molecule has 1 aliphatic rings. The lowest BCUT2D eigenvalue weighted by Gasteiger charge is -1.98. The van der Waals surface area contributed by atoms with Crippen LogP contribution in [-0.4, -0.2) is 4.98 Å². The molecule has 0 fully saturated rings. The zero-order chi connectivity index (χ0) is 39.3. The first-order valence-electron chi connectivity index (χ1n) is 19.4. The highest BCUT2D eigenvalue weighted by atomic mass is 32.1. The lowest BCUT2D eigenvalue weighted by atomic mass is 10.1. The van der Waals surface area contributed by atoms with Crippen LogP contribution in [-0.2, 0) is 6.42 Å². The fourth-order valence-electron chi connectivity index (χ4n) is 3.68. The zero-order valence-electron chi connectivity index (χ0n) is 35.0. The van der Waals surface area contributed by atoms with Gasteiger partial charge in [-0.1, -0.05) is 220 Å². The Kier molecular flexibility index (Phi) is 54.7. The van der Waals surface area contributed by atoms with Crippen LogP contribution in [0.4, 0.5) is 0 Å². The van der Waals surface area contributed by atoms with Crippen LogP contribution < -0.4 is 0 Å². The van der Waals surface area contributed by atoms with Gasteiger partial charge in [0.25, 0.3) is 0 Å². The van der Waals surface area contributed by atoms with E-state index in [1.807, 2.05) is 165 Å². The Balaban J connectivity index is -0.000000163. The first-order chi connectivity index (χ1) is 24.9. The molecule has 0 bridgehead atoms. The van der Waals surface area contributed by atoms with Crippen molar-refractivity contribution in [2.24, 2.45) is 0 Å². The first-order valence-corrected chi connectivity index (χ1v) is 20.2. The van der Waals surface area contributed by atoms with Crippen molar-refractivity contribution in [2.75, 3.05) is 0 Å². The van der Waals surface area contributed by atoms with Crippen molar-refractivity contribution >= 4 is 21.4 Å². The van der Waals surface area contributed by atoms with Crippen LogP contribution in [0.25, 0.3) is 21.2 Å². The van der Waals surface area contributed by atoms with Crippen molar-refractivity contribution in [3.8, 4) is 11.1 Å². The van der Waals surface area contributed by atoms with Crippen LogP contribution in [0.1, 0.15) is 122 Å². The number of rotatable bonds is 0. The van der Waals surface area contributed by atoms with Crippen molar-refractivity contribution < 1.29 is 0 Å². The third kappa shape index (κ3) is 26.9. The SMILES string of the molecule is CC.CC.CC.CC.CC.CC.CC.CC.c1ccc2c(c1)Cc1ccccc1-2.c1ccc2sccc2c1.c1ccccc1.c1ccncc1. The standard InChI is InChI=1S/C13H10.C8H6S.C6H6.C5H5N.8C2H6/c1-3-7-12-10(5-1)9-11-6-2-4-8-13(11)12;1-2-4-8-7(3-1)5-6-9-8;2*1-2-4-6-5-3-1;8*1-2/h1-8H,9H2;1-6H;1-6H;1-5H;8*1-2H3. The van der Waals surface area contributed by atoms with Gasteiger partial charge in [-0.25, -0.2) is 0 Å². The number of hydrogen-bond acceptors (Lipinski definition) is 2. The van der Waals surface area contributed by atoms with Crippen LogP contribution in [0.2, 0.25) is 0 Å². The zero-order valence-corrected chi connectivity index (χ0v) is 35.8. The quantitative estimate of drug-likeness (QED) is 0.154. The van der Waals surface area contributed by atoms with E-state index in [1.54, 1.807) is 23.7 Å². The highest BCUT2D eigenvalue weighted by Gasteiger charge is 2.15. The topological polar surface area (TPSA) is 12.9 Å². The van der Waals surface area contributed by atoms with E-state index in [4.69, 9.17) is 0 Å². The summed E-state index contributed by atoms with van der Waals surface area (Å²) in [6.07, 6.45) is 4.60. The molecule has 0 saturated carbocycles. The summed E-state index contributed by atoms with van der Waals surface area (Å²) in [5.74, 6) is 0. The number of pyridine rings is 1. The molecule has 0 unspecified atom stereocenters. The fraction of sp³-hybridized carbons (Fsp3) is 0.354. The Hall–Kier alpha value is -4.01. The molecule has 0 spiro atoms. The van der Waals surface area contributed by atoms with Gasteiger partial charge in [0, 0.05) is 17.1 Å². The van der Waals surface area contributed by atoms with Crippen LogP contribution in [0.5, 0.6) is 0 Å². The molecule has 50 heavy (non-hydrogen) atoms. The molecule has 6 aromatic rings. The average molecular weight is 698 g/mol. The molecule has 278 valence electrons. The maximum Gasteiger partial charge on any atom is 0.0342 e. The molecule has 2 aromatic heterocycles. The number of benzene rings is 4. The Morgan fingerprint density at radius 2 is 0.700 bits per heavy atom. The predicted octanol–water partition coefficient (Wildman–Crippen LogP) is 17.1. The predicted molar refractivity (Wildman–Crippen MR) is 238 cm³/mol. The molecular formula is C48H75NS. The van der Waals surface area contributed by atoms with Gasteiger partial charge in [0.2, 0.25) is 0 Å². The average Bonchev–Trinajstić information content (AvgIpc) is 3.91. The third-order valence-corrected chi connectivity index (χ3v) is 6.20. The van der Waals surface area contributed by atoms with E-state index >= 15 is 0 Å². The lowest BCUT2D eigenvalue weighted by Crippen LogP contribution is -1.77. The van der Waals surface area contributed by atoms with Crippen LogP contribution in [0.15, 0.2) is 151 Å². The molecule has 0 aliphatic heterocycles. The molecule has 0 N–H and O–H groups in total. The normalized spacial score (nSPS) is 7.92. The van der Waals surface area contributed by atoms with Gasteiger partial charge in [-0.3, -0.25) is 4.98 Å². The van der Waals surface area contributed by atoms with Crippen molar-refractivity contribution in [2.45, 2.75) is 117 Å². The van der Waals surface area contributed by atoms with Gasteiger partial charge in [-0.15, -0.1) is 11.3 Å². The first kappa shape index (κ1) is 55.4. The van der Waals surface area contributed by atoms with Gasteiger partial charge in [0.15, 0.2) is 0 Å². The van der Waals surface area contributed by atoms with Crippen LogP contribution >= 0.6 is 11.3 Å². The van der Waals surface area contributed by atoms with Crippen molar-refractivity contribution in [3.63, 3.8) is 0 Å². The molecule has 0 saturated heterocycles. The summed E-state index contributed by atoms with van der Waals surface area (Å²) in [5.41, 5.74) is 5.75. The van der Waals surface area contributed by atoms with Crippen molar-refractivity contribution in [1.29, 1.82) is 0 Å². The summed E-state index contributed by atoms with van der Waals surface area (Å²) in [4.78, 5) is 3.78. The van der Waals surface area contributed by atoms with E-state index in [-0.39, 0.29) is 0 Å². The smallest absolute Gasteiger partial charge is 0.0342 e. The number of nitrogens with zero attached hydrogens (tertiary/aromatic N) is 1. The highest BCUT2D eigenvalue weighted by molar-refractivity contribution is 7.17. The van der Waals surface area contributed by atoms with E-state index in [0.29, 0.717) is 0 Å². The minimum atomic E-state index is 1.10. The molecule has 2 heteroatoms. The Morgan fingerprint density at radius 3 is 1.04 bits per heavy atom. The van der Waals surface area contributed by atoms with Crippen molar-refractivity contribution in [1.82, 2.24) is 4.98 Å². The summed E-state index contributed by atoms with van der Waals surface area (Å²) >= 11 is 1.79. The van der Waals surface area contributed by atoms with E-state index < -0.39 is 0 Å². The van der Waals surface area contributed by atoms with Gasteiger partial charge in [0.05, 0.1) is 0 Å². The Bertz CT molecular complexity index is 1220. The third-order valence-electron chi connectivity index (χ3n) is 5.30. The minimum absolute atomic E-state index is 1.10. The molecule has 1 nitrogen and oxygen atoms in total. The Morgan fingerprint density at radius 1 is 0.360 bits per heavy atom. The molecular weight excluding hydrogens is 623 g/mol. The minimum Gasteiger partial charge on any atom is -0.265 e. The summed E-state index contributed by atoms with van der Waals surface area (Å²) in [6.45, 7) is 32.0. The second-order valence-electron chi connectivity index (χ2n) is 7.63. The lowest BCUT2D eigenvalue weighted by molar-refractivity contribution is 1.26. The van der Waals surface area contributed by atoms with Gasteiger partial charge >= 0.3 is 0 Å². The summed E-state index contributed by atoms with van der Waals surface area (Å²) in [7, 11) is 0. The van der Waals surface area contributed by atoms with E-state index in [0.717, 1.165) is 6.42 Å². The number of hydrogen-bond donors (Lipinski definition) is 0. The number of fused-ring (bicyclic) bond motifs is 4. The number of aromatic nitrogens is 1. The second-order valence-corrected chi connectivity index (χ2v) is 8.58. The van der Waals surface area contributed by atoms with Gasteiger partial charge < -0.3 is 0 Å². The largest absolute Gasteiger partial charge is 0.265 e. The molecule has 1 aliphatic carbocycles. The highest BCUT2D eigenvalue weighted by Crippen LogP contribution is 2.35. The number of thiophene rings is 1.